The van der Waals surface area contributed by atoms with Gasteiger partial charge in [-0.05, 0) is 45.0 Å². The van der Waals surface area contributed by atoms with Gasteiger partial charge in [0.15, 0.2) is 5.82 Å². The summed E-state index contributed by atoms with van der Waals surface area (Å²) in [6, 6.07) is 6.59. The maximum absolute atomic E-state index is 14.1. The molecule has 25 heavy (non-hydrogen) atoms. The van der Waals surface area contributed by atoms with Gasteiger partial charge in [0.25, 0.3) is 0 Å². The van der Waals surface area contributed by atoms with Crippen molar-refractivity contribution in [2.45, 2.75) is 31.7 Å². The Kier molecular flexibility index (Phi) is 5.41. The van der Waals surface area contributed by atoms with Gasteiger partial charge < -0.3 is 0 Å². The van der Waals surface area contributed by atoms with Crippen LogP contribution in [0.2, 0.25) is 0 Å². The molecule has 0 bridgehead atoms. The van der Waals surface area contributed by atoms with Crippen LogP contribution >= 0.6 is 0 Å². The molecule has 8 heteroatoms. The van der Waals surface area contributed by atoms with Crippen LogP contribution in [0.4, 0.5) is 17.6 Å². The number of halogens is 4. The predicted octanol–water partition coefficient (Wildman–Crippen LogP) is 4.54. The highest BCUT2D eigenvalue weighted by molar-refractivity contribution is 7.85. The molecule has 0 fully saturated rings. The van der Waals surface area contributed by atoms with E-state index < -0.39 is 33.3 Å². The van der Waals surface area contributed by atoms with Crippen molar-refractivity contribution in [3.8, 4) is 0 Å². The molecule has 0 aliphatic carbocycles. The fraction of sp³-hybridized carbons (Fsp3) is 0.294. The van der Waals surface area contributed by atoms with Crippen LogP contribution in [-0.2, 0) is 17.2 Å². The van der Waals surface area contributed by atoms with Gasteiger partial charge in [-0.15, -0.1) is 0 Å². The van der Waals surface area contributed by atoms with Gasteiger partial charge in [0, 0.05) is 11.8 Å². The van der Waals surface area contributed by atoms with E-state index in [1.165, 1.54) is 12.3 Å². The average molecular weight is 372 g/mol. The summed E-state index contributed by atoms with van der Waals surface area (Å²) in [5, 5.41) is 0. The molecule has 0 N–H and O–H groups in total. The summed E-state index contributed by atoms with van der Waals surface area (Å²) in [7, 11) is -1.74. The topological polar surface area (TPSA) is 42.3 Å². The molecule has 1 aromatic carbocycles. The zero-order valence-electron chi connectivity index (χ0n) is 13.8. The molecule has 1 heterocycles. The van der Waals surface area contributed by atoms with Gasteiger partial charge in [-0.25, -0.2) is 8.60 Å². The Morgan fingerprint density at radius 3 is 2.16 bits per heavy atom. The average Bonchev–Trinajstić information content (AvgIpc) is 2.51. The molecule has 134 valence electrons. The smallest absolute Gasteiger partial charge is 0.251 e. The number of aromatic nitrogens is 1. The van der Waals surface area contributed by atoms with E-state index in [-0.39, 0.29) is 17.0 Å². The van der Waals surface area contributed by atoms with Crippen molar-refractivity contribution in [3.63, 3.8) is 0 Å². The predicted molar refractivity (Wildman–Crippen MR) is 89.2 cm³/mol. The molecule has 2 aromatic rings. The zero-order chi connectivity index (χ0) is 18.8. The Hall–Kier alpha value is -2.09. The number of rotatable bonds is 3. The molecule has 0 unspecified atom stereocenters. The summed E-state index contributed by atoms with van der Waals surface area (Å²) in [5.41, 5.74) is -0.864. The summed E-state index contributed by atoms with van der Waals surface area (Å²) in [4.78, 5) is 3.90. The minimum atomic E-state index is -4.49. The summed E-state index contributed by atoms with van der Waals surface area (Å²) in [6.45, 7) is 5.06. The summed E-state index contributed by atoms with van der Waals surface area (Å²) < 4.78 is 68.0. The maximum atomic E-state index is 14.1. The largest absolute Gasteiger partial charge is 0.416 e. The summed E-state index contributed by atoms with van der Waals surface area (Å²) in [6.07, 6.45) is -3.15. The van der Waals surface area contributed by atoms with Crippen LogP contribution in [0.1, 0.15) is 37.6 Å². The third kappa shape index (κ3) is 4.72. The molecule has 0 aliphatic heterocycles. The number of hydrogen-bond acceptors (Lipinski definition) is 2. The second-order valence-corrected chi connectivity index (χ2v) is 8.12. The van der Waals surface area contributed by atoms with Crippen molar-refractivity contribution in [2.75, 3.05) is 0 Å². The Labute approximate surface area is 145 Å². The third-order valence-corrected chi connectivity index (χ3v) is 4.56. The lowest BCUT2D eigenvalue weighted by atomic mass is 10.0. The van der Waals surface area contributed by atoms with Crippen molar-refractivity contribution in [1.82, 2.24) is 4.98 Å². The highest BCUT2D eigenvalue weighted by Crippen LogP contribution is 2.29. The normalized spacial score (nSPS) is 14.4. The molecule has 0 saturated heterocycles. The molecule has 0 spiro atoms. The molecule has 2 rings (SSSR count). The number of nitrogens with zero attached hydrogens (tertiary/aromatic N) is 2. The van der Waals surface area contributed by atoms with Crippen molar-refractivity contribution < 1.29 is 21.8 Å². The van der Waals surface area contributed by atoms with E-state index in [4.69, 9.17) is 0 Å². The van der Waals surface area contributed by atoms with E-state index >= 15 is 0 Å². The highest BCUT2D eigenvalue weighted by atomic mass is 32.2. The SMILES string of the molecule is CC(C)(C)[S@@](=O)N=C(c1ccc(C(F)(F)F)cc1)c1ncccc1F. The number of pyridine rings is 1. The minimum Gasteiger partial charge on any atom is -0.251 e. The fourth-order valence-electron chi connectivity index (χ4n) is 1.83. The van der Waals surface area contributed by atoms with Crippen LogP contribution in [-0.4, -0.2) is 19.7 Å². The quantitative estimate of drug-likeness (QED) is 0.586. The maximum Gasteiger partial charge on any atom is 0.416 e. The number of hydrogen-bond donors (Lipinski definition) is 0. The van der Waals surface area contributed by atoms with Crippen molar-refractivity contribution >= 4 is 16.7 Å². The first-order valence-corrected chi connectivity index (χ1v) is 8.40. The number of alkyl halides is 3. The van der Waals surface area contributed by atoms with Gasteiger partial charge in [-0.2, -0.15) is 17.6 Å². The van der Waals surface area contributed by atoms with Crippen LogP contribution in [0.15, 0.2) is 47.0 Å². The van der Waals surface area contributed by atoms with Gasteiger partial charge in [-0.1, -0.05) is 12.1 Å². The van der Waals surface area contributed by atoms with Crippen molar-refractivity contribution in [1.29, 1.82) is 0 Å². The van der Waals surface area contributed by atoms with E-state index in [1.54, 1.807) is 20.8 Å². The lowest BCUT2D eigenvalue weighted by Gasteiger charge is -2.16. The van der Waals surface area contributed by atoms with E-state index in [1.807, 2.05) is 0 Å². The second kappa shape index (κ2) is 7.03. The summed E-state index contributed by atoms with van der Waals surface area (Å²) >= 11 is 0. The van der Waals surface area contributed by atoms with Crippen molar-refractivity contribution in [3.05, 3.63) is 65.2 Å². The Bertz CT molecular complexity index is 809. The molecule has 0 aliphatic rings. The Morgan fingerprint density at radius 2 is 1.68 bits per heavy atom. The standard InChI is InChI=1S/C17H16F4N2OS/c1-16(2,3)25(24)23-14(15-13(18)5-4-10-22-15)11-6-8-12(9-7-11)17(19,20)21/h4-10H,1-3H3/t25-/m1/s1. The first kappa shape index (κ1) is 19.2. The lowest BCUT2D eigenvalue weighted by molar-refractivity contribution is -0.137. The highest BCUT2D eigenvalue weighted by Gasteiger charge is 2.30. The van der Waals surface area contributed by atoms with Gasteiger partial charge in [0.2, 0.25) is 0 Å². The molecule has 0 amide bonds. The molecule has 0 saturated carbocycles. The third-order valence-electron chi connectivity index (χ3n) is 3.17. The van der Waals surface area contributed by atoms with E-state index in [0.717, 1.165) is 30.3 Å². The molecule has 1 aromatic heterocycles. The van der Waals surface area contributed by atoms with Gasteiger partial charge >= 0.3 is 6.18 Å². The number of benzene rings is 1. The molecule has 1 atom stereocenters. The molecule has 0 radical (unpaired) electrons. The van der Waals surface area contributed by atoms with E-state index in [0.29, 0.717) is 0 Å². The van der Waals surface area contributed by atoms with Crippen molar-refractivity contribution in [2.24, 2.45) is 4.40 Å². The molecular formula is C17H16F4N2OS. The Balaban J connectivity index is 2.58. The summed E-state index contributed by atoms with van der Waals surface area (Å²) in [5.74, 6) is -0.702. The van der Waals surface area contributed by atoms with E-state index in [9.17, 15) is 21.8 Å². The van der Waals surface area contributed by atoms with Crippen LogP contribution in [0.5, 0.6) is 0 Å². The van der Waals surface area contributed by atoms with Crippen LogP contribution in [0.25, 0.3) is 0 Å². The van der Waals surface area contributed by atoms with Gasteiger partial charge in [0.1, 0.15) is 22.4 Å². The zero-order valence-corrected chi connectivity index (χ0v) is 14.6. The molecular weight excluding hydrogens is 356 g/mol. The first-order chi connectivity index (χ1) is 11.5. The molecule has 3 nitrogen and oxygen atoms in total. The first-order valence-electron chi connectivity index (χ1n) is 7.29. The second-order valence-electron chi connectivity index (χ2n) is 6.21. The lowest BCUT2D eigenvalue weighted by Crippen LogP contribution is -2.22. The van der Waals surface area contributed by atoms with Gasteiger partial charge in [0.05, 0.1) is 10.3 Å². The Morgan fingerprint density at radius 1 is 1.08 bits per heavy atom. The van der Waals surface area contributed by atoms with Crippen LogP contribution in [0, 0.1) is 5.82 Å². The minimum absolute atomic E-state index is 0.0555. The van der Waals surface area contributed by atoms with Crippen LogP contribution in [0.3, 0.4) is 0 Å². The van der Waals surface area contributed by atoms with Crippen LogP contribution < -0.4 is 0 Å². The van der Waals surface area contributed by atoms with E-state index in [2.05, 4.69) is 9.38 Å². The monoisotopic (exact) mass is 372 g/mol. The fourth-order valence-corrected chi connectivity index (χ4v) is 2.46. The van der Waals surface area contributed by atoms with Gasteiger partial charge in [-0.3, -0.25) is 4.98 Å².